The molecule has 150 valence electrons. The molecule has 0 bridgehead atoms. The van der Waals surface area contributed by atoms with E-state index < -0.39 is 5.91 Å². The lowest BCUT2D eigenvalue weighted by atomic mass is 10.0. The molecule has 0 fully saturated rings. The second-order valence-corrected chi connectivity index (χ2v) is 7.93. The summed E-state index contributed by atoms with van der Waals surface area (Å²) in [6.45, 7) is 1.87. The summed E-state index contributed by atoms with van der Waals surface area (Å²) in [5, 5.41) is 13.9. The van der Waals surface area contributed by atoms with Gasteiger partial charge in [-0.05, 0) is 59.5 Å². The molecule has 0 heterocycles. The third kappa shape index (κ3) is 5.43. The molecule has 0 aliphatic heterocycles. The van der Waals surface area contributed by atoms with Gasteiger partial charge in [-0.15, -0.1) is 0 Å². The molecule has 3 nitrogen and oxygen atoms in total. The Balaban J connectivity index is 1.79. The number of nitriles is 1. The van der Waals surface area contributed by atoms with Crippen LogP contribution in [0.15, 0.2) is 66.2 Å². The van der Waals surface area contributed by atoms with Crippen LogP contribution < -0.4 is 5.32 Å². The maximum Gasteiger partial charge on any atom is 0.266 e. The number of carbonyl (C=O) groups excluding carboxylic acids is 1. The summed E-state index contributed by atoms with van der Waals surface area (Å²) >= 11 is 18.7. The fraction of sp³-hybridized carbons (Fsp3) is 0.0833. The summed E-state index contributed by atoms with van der Waals surface area (Å²) in [6, 6.07) is 20.1. The van der Waals surface area contributed by atoms with Gasteiger partial charge in [0.05, 0.1) is 0 Å². The molecule has 0 aliphatic carbocycles. The quantitative estimate of drug-likeness (QED) is 0.330. The molecular weight excluding hydrogens is 439 g/mol. The van der Waals surface area contributed by atoms with Crippen molar-refractivity contribution in [2.24, 2.45) is 0 Å². The van der Waals surface area contributed by atoms with Crippen LogP contribution in [0.1, 0.15) is 22.3 Å². The average molecular weight is 456 g/mol. The molecule has 3 aromatic rings. The first-order chi connectivity index (χ1) is 14.4. The highest BCUT2D eigenvalue weighted by Gasteiger charge is 2.11. The summed E-state index contributed by atoms with van der Waals surface area (Å²) < 4.78 is 0. The van der Waals surface area contributed by atoms with Crippen molar-refractivity contribution in [2.75, 3.05) is 5.32 Å². The maximum absolute atomic E-state index is 12.5. The Hall–Kier alpha value is -2.77. The Morgan fingerprint density at radius 3 is 2.37 bits per heavy atom. The molecule has 1 N–H and O–H groups in total. The Labute approximate surface area is 190 Å². The van der Waals surface area contributed by atoms with E-state index in [1.54, 1.807) is 24.3 Å². The monoisotopic (exact) mass is 454 g/mol. The zero-order valence-corrected chi connectivity index (χ0v) is 18.3. The number of carbonyl (C=O) groups is 1. The zero-order chi connectivity index (χ0) is 21.7. The smallest absolute Gasteiger partial charge is 0.266 e. The van der Waals surface area contributed by atoms with Crippen LogP contribution in [0.2, 0.25) is 15.1 Å². The van der Waals surface area contributed by atoms with Crippen molar-refractivity contribution in [1.29, 1.82) is 5.26 Å². The second-order valence-electron chi connectivity index (χ2n) is 6.71. The van der Waals surface area contributed by atoms with Gasteiger partial charge < -0.3 is 5.32 Å². The van der Waals surface area contributed by atoms with Crippen LogP contribution in [0.3, 0.4) is 0 Å². The van der Waals surface area contributed by atoms with Crippen LogP contribution in [-0.2, 0) is 11.2 Å². The van der Waals surface area contributed by atoms with Crippen molar-refractivity contribution in [2.45, 2.75) is 13.3 Å². The molecule has 30 heavy (non-hydrogen) atoms. The Kier molecular flexibility index (Phi) is 7.18. The van der Waals surface area contributed by atoms with Gasteiger partial charge in [-0.3, -0.25) is 4.79 Å². The number of nitrogens with zero attached hydrogens (tertiary/aromatic N) is 1. The van der Waals surface area contributed by atoms with Crippen LogP contribution >= 0.6 is 34.8 Å². The Morgan fingerprint density at radius 2 is 1.70 bits per heavy atom. The molecule has 0 spiro atoms. The lowest BCUT2D eigenvalue weighted by Crippen LogP contribution is -2.13. The van der Waals surface area contributed by atoms with Crippen LogP contribution in [0.4, 0.5) is 5.69 Å². The summed E-state index contributed by atoms with van der Waals surface area (Å²) in [5.74, 6) is -0.520. The summed E-state index contributed by atoms with van der Waals surface area (Å²) in [5.41, 5.74) is 3.90. The zero-order valence-electron chi connectivity index (χ0n) is 16.0. The molecule has 0 radical (unpaired) electrons. The molecule has 0 aromatic heterocycles. The SMILES string of the molecule is Cc1ccc(NC(=O)/C(C#N)=C/c2ccc(Cc3ccccc3Cl)c(Cl)c2)cc1Cl. The predicted molar refractivity (Wildman–Crippen MR) is 124 cm³/mol. The Morgan fingerprint density at radius 1 is 0.967 bits per heavy atom. The summed E-state index contributed by atoms with van der Waals surface area (Å²) in [6.07, 6.45) is 2.08. The third-order valence-corrected chi connectivity index (χ3v) is 5.65. The fourth-order valence-corrected chi connectivity index (χ4v) is 3.47. The number of anilines is 1. The molecule has 0 atom stereocenters. The van der Waals surface area contributed by atoms with Gasteiger partial charge in [0.15, 0.2) is 0 Å². The number of nitrogens with one attached hydrogen (secondary N) is 1. The molecule has 0 saturated heterocycles. The van der Waals surface area contributed by atoms with E-state index in [9.17, 15) is 10.1 Å². The first-order valence-electron chi connectivity index (χ1n) is 9.08. The third-order valence-electron chi connectivity index (χ3n) is 4.52. The van der Waals surface area contributed by atoms with E-state index >= 15 is 0 Å². The number of hydrogen-bond donors (Lipinski definition) is 1. The molecule has 3 aromatic carbocycles. The number of rotatable bonds is 5. The van der Waals surface area contributed by atoms with Crippen molar-refractivity contribution in [3.63, 3.8) is 0 Å². The average Bonchev–Trinajstić information content (AvgIpc) is 2.72. The van der Waals surface area contributed by atoms with Crippen molar-refractivity contribution in [1.82, 2.24) is 0 Å². The van der Waals surface area contributed by atoms with Gasteiger partial charge in [0.25, 0.3) is 5.91 Å². The van der Waals surface area contributed by atoms with Gasteiger partial charge in [-0.25, -0.2) is 0 Å². The van der Waals surface area contributed by atoms with Crippen LogP contribution in [-0.4, -0.2) is 5.91 Å². The van der Waals surface area contributed by atoms with Crippen LogP contribution in [0.25, 0.3) is 6.08 Å². The second kappa shape index (κ2) is 9.82. The predicted octanol–water partition coefficient (Wildman–Crippen LogP) is 7.09. The molecule has 3 rings (SSSR count). The molecule has 6 heteroatoms. The highest BCUT2D eigenvalue weighted by Crippen LogP contribution is 2.26. The van der Waals surface area contributed by atoms with Crippen molar-refractivity contribution >= 4 is 52.5 Å². The largest absolute Gasteiger partial charge is 0.321 e. The minimum absolute atomic E-state index is 0.0402. The van der Waals surface area contributed by atoms with Crippen molar-refractivity contribution in [3.05, 3.63) is 104 Å². The van der Waals surface area contributed by atoms with E-state index in [0.29, 0.717) is 32.7 Å². The first-order valence-corrected chi connectivity index (χ1v) is 10.2. The topological polar surface area (TPSA) is 52.9 Å². The van der Waals surface area contributed by atoms with Crippen molar-refractivity contribution < 1.29 is 4.79 Å². The van der Waals surface area contributed by atoms with E-state index in [0.717, 1.165) is 16.7 Å². The van der Waals surface area contributed by atoms with E-state index in [2.05, 4.69) is 5.32 Å². The highest BCUT2D eigenvalue weighted by molar-refractivity contribution is 6.32. The lowest BCUT2D eigenvalue weighted by molar-refractivity contribution is -0.112. The minimum Gasteiger partial charge on any atom is -0.321 e. The number of amides is 1. The van der Waals surface area contributed by atoms with Gasteiger partial charge in [0.1, 0.15) is 11.6 Å². The number of benzene rings is 3. The standard InChI is InChI=1S/C24H17Cl3N2O/c1-15-6-9-20(13-22(15)26)29-24(30)19(14-28)10-16-7-8-18(23(27)11-16)12-17-4-2-3-5-21(17)25/h2-11,13H,12H2,1H3,(H,29,30)/b19-10+. The van der Waals surface area contributed by atoms with E-state index in [4.69, 9.17) is 34.8 Å². The number of aryl methyl sites for hydroxylation is 1. The van der Waals surface area contributed by atoms with E-state index in [1.807, 2.05) is 49.4 Å². The summed E-state index contributed by atoms with van der Waals surface area (Å²) in [4.78, 5) is 12.5. The number of halogens is 3. The molecule has 0 aliphatic rings. The van der Waals surface area contributed by atoms with Gasteiger partial charge >= 0.3 is 0 Å². The molecule has 1 amide bonds. The highest BCUT2D eigenvalue weighted by atomic mass is 35.5. The van der Waals surface area contributed by atoms with E-state index in [1.165, 1.54) is 6.08 Å². The fourth-order valence-electron chi connectivity index (χ4n) is 2.83. The maximum atomic E-state index is 12.5. The van der Waals surface area contributed by atoms with Gasteiger partial charge in [-0.2, -0.15) is 5.26 Å². The van der Waals surface area contributed by atoms with E-state index in [-0.39, 0.29) is 5.57 Å². The van der Waals surface area contributed by atoms with Gasteiger partial charge in [0, 0.05) is 27.2 Å². The minimum atomic E-state index is -0.520. The first kappa shape index (κ1) is 21.9. The van der Waals surface area contributed by atoms with Crippen LogP contribution in [0, 0.1) is 18.3 Å². The van der Waals surface area contributed by atoms with Gasteiger partial charge in [0.2, 0.25) is 0 Å². The normalized spacial score (nSPS) is 11.1. The Bertz CT molecular complexity index is 1180. The lowest BCUT2D eigenvalue weighted by Gasteiger charge is -2.08. The van der Waals surface area contributed by atoms with Crippen LogP contribution in [0.5, 0.6) is 0 Å². The number of hydrogen-bond acceptors (Lipinski definition) is 2. The summed E-state index contributed by atoms with van der Waals surface area (Å²) in [7, 11) is 0. The van der Waals surface area contributed by atoms with Gasteiger partial charge in [-0.1, -0.05) is 71.2 Å². The molecule has 0 unspecified atom stereocenters. The van der Waals surface area contributed by atoms with Crippen molar-refractivity contribution in [3.8, 4) is 6.07 Å². The molecule has 0 saturated carbocycles. The molecular formula is C24H17Cl3N2O.